The number of aliphatic imine (C=N–C) groups is 1. The lowest BCUT2D eigenvalue weighted by molar-refractivity contribution is 0.00520. The molecule has 0 saturated carbocycles. The lowest BCUT2D eigenvalue weighted by Gasteiger charge is -2.32. The molecule has 2 heterocycles. The number of guanidine groups is 1. The Morgan fingerprint density at radius 3 is 2.84 bits per heavy atom. The van der Waals surface area contributed by atoms with Gasteiger partial charge < -0.3 is 20.1 Å². The molecule has 0 aromatic carbocycles. The number of morpholine rings is 1. The molecule has 5 nitrogen and oxygen atoms in total. The van der Waals surface area contributed by atoms with E-state index in [0.717, 1.165) is 39.3 Å². The largest absolute Gasteiger partial charge is 0.378 e. The SMILES string of the molecule is CC1CN(C(N)=NCC2CCOC2C(C)C)CCO1. The van der Waals surface area contributed by atoms with Crippen LogP contribution < -0.4 is 5.73 Å². The summed E-state index contributed by atoms with van der Waals surface area (Å²) in [5, 5.41) is 0. The number of ether oxygens (including phenoxy) is 2. The predicted molar refractivity (Wildman–Crippen MR) is 76.2 cm³/mol. The summed E-state index contributed by atoms with van der Waals surface area (Å²) in [6.45, 7) is 10.5. The summed E-state index contributed by atoms with van der Waals surface area (Å²) in [6, 6.07) is 0. The third kappa shape index (κ3) is 3.83. The van der Waals surface area contributed by atoms with Crippen LogP contribution in [0.15, 0.2) is 4.99 Å². The normalized spacial score (nSPS) is 33.2. The molecule has 0 aliphatic carbocycles. The molecule has 5 heteroatoms. The van der Waals surface area contributed by atoms with Crippen molar-refractivity contribution in [1.82, 2.24) is 4.90 Å². The molecule has 3 unspecified atom stereocenters. The van der Waals surface area contributed by atoms with Crippen molar-refractivity contribution in [2.24, 2.45) is 22.6 Å². The second kappa shape index (κ2) is 6.57. The summed E-state index contributed by atoms with van der Waals surface area (Å²) in [6.07, 6.45) is 1.67. The summed E-state index contributed by atoms with van der Waals surface area (Å²) >= 11 is 0. The molecule has 19 heavy (non-hydrogen) atoms. The van der Waals surface area contributed by atoms with Gasteiger partial charge in [-0.1, -0.05) is 13.8 Å². The van der Waals surface area contributed by atoms with Gasteiger partial charge in [-0.25, -0.2) is 0 Å². The first-order valence-corrected chi connectivity index (χ1v) is 7.36. The van der Waals surface area contributed by atoms with E-state index < -0.39 is 0 Å². The van der Waals surface area contributed by atoms with E-state index in [4.69, 9.17) is 15.2 Å². The molecule has 0 spiro atoms. The summed E-state index contributed by atoms with van der Waals surface area (Å²) in [5.74, 6) is 1.72. The van der Waals surface area contributed by atoms with E-state index in [9.17, 15) is 0 Å². The molecule has 2 fully saturated rings. The van der Waals surface area contributed by atoms with Crippen molar-refractivity contribution in [2.75, 3.05) is 32.8 Å². The van der Waals surface area contributed by atoms with Crippen LogP contribution in [0, 0.1) is 11.8 Å². The van der Waals surface area contributed by atoms with Crippen molar-refractivity contribution in [3.05, 3.63) is 0 Å². The molecule has 0 amide bonds. The van der Waals surface area contributed by atoms with Crippen LogP contribution in [0.1, 0.15) is 27.2 Å². The molecule has 3 atom stereocenters. The number of rotatable bonds is 3. The highest BCUT2D eigenvalue weighted by Crippen LogP contribution is 2.26. The molecule has 0 radical (unpaired) electrons. The van der Waals surface area contributed by atoms with Crippen LogP contribution in [0.2, 0.25) is 0 Å². The molecule has 2 N–H and O–H groups in total. The van der Waals surface area contributed by atoms with Gasteiger partial charge in [0.15, 0.2) is 5.96 Å². The van der Waals surface area contributed by atoms with Gasteiger partial charge in [0.25, 0.3) is 0 Å². The zero-order valence-corrected chi connectivity index (χ0v) is 12.3. The fraction of sp³-hybridized carbons (Fsp3) is 0.929. The van der Waals surface area contributed by atoms with E-state index in [1.807, 2.05) is 0 Å². The third-order valence-electron chi connectivity index (χ3n) is 3.97. The molecule has 2 aliphatic rings. The Bertz CT molecular complexity index is 320. The maximum atomic E-state index is 6.09. The van der Waals surface area contributed by atoms with Gasteiger partial charge in [0.1, 0.15) is 0 Å². The highest BCUT2D eigenvalue weighted by atomic mass is 16.5. The summed E-state index contributed by atoms with van der Waals surface area (Å²) < 4.78 is 11.3. The van der Waals surface area contributed by atoms with Gasteiger partial charge in [0.2, 0.25) is 0 Å². The highest BCUT2D eigenvalue weighted by Gasteiger charge is 2.30. The van der Waals surface area contributed by atoms with Gasteiger partial charge in [-0.05, 0) is 19.3 Å². The Morgan fingerprint density at radius 1 is 1.37 bits per heavy atom. The van der Waals surface area contributed by atoms with Crippen molar-refractivity contribution >= 4 is 5.96 Å². The van der Waals surface area contributed by atoms with E-state index in [-0.39, 0.29) is 6.10 Å². The number of nitrogens with two attached hydrogens (primary N) is 1. The summed E-state index contributed by atoms with van der Waals surface area (Å²) in [7, 11) is 0. The molecule has 0 aromatic heterocycles. The van der Waals surface area contributed by atoms with Gasteiger partial charge >= 0.3 is 0 Å². The van der Waals surface area contributed by atoms with Gasteiger partial charge in [-0.2, -0.15) is 0 Å². The molecule has 0 bridgehead atoms. The molecule has 110 valence electrons. The fourth-order valence-electron chi connectivity index (χ4n) is 2.93. The quantitative estimate of drug-likeness (QED) is 0.615. The molecular formula is C14H27N3O2. The predicted octanol–water partition coefficient (Wildman–Crippen LogP) is 1.08. The maximum absolute atomic E-state index is 6.09. The van der Waals surface area contributed by atoms with Crippen LogP contribution >= 0.6 is 0 Å². The monoisotopic (exact) mass is 269 g/mol. The summed E-state index contributed by atoms with van der Waals surface area (Å²) in [5.41, 5.74) is 6.09. The minimum Gasteiger partial charge on any atom is -0.378 e. The molecule has 2 rings (SSSR count). The number of hydrogen-bond acceptors (Lipinski definition) is 3. The van der Waals surface area contributed by atoms with Crippen LogP contribution in [0.4, 0.5) is 0 Å². The first kappa shape index (κ1) is 14.6. The standard InChI is InChI=1S/C14H27N3O2/c1-10(2)13-12(4-6-19-13)8-16-14(15)17-5-7-18-11(3)9-17/h10-13H,4-9H2,1-3H3,(H2,15,16). The van der Waals surface area contributed by atoms with Crippen LogP contribution in [0.5, 0.6) is 0 Å². The van der Waals surface area contributed by atoms with Crippen molar-refractivity contribution in [1.29, 1.82) is 0 Å². The molecule has 2 aliphatic heterocycles. The van der Waals surface area contributed by atoms with Crippen molar-refractivity contribution in [3.8, 4) is 0 Å². The van der Waals surface area contributed by atoms with Gasteiger partial charge in [-0.3, -0.25) is 4.99 Å². The van der Waals surface area contributed by atoms with E-state index in [1.165, 1.54) is 0 Å². The first-order chi connectivity index (χ1) is 9.08. The Kier molecular flexibility index (Phi) is 5.05. The minimum atomic E-state index is 0.237. The van der Waals surface area contributed by atoms with Gasteiger partial charge in [0.05, 0.1) is 18.8 Å². The zero-order chi connectivity index (χ0) is 13.8. The molecule has 0 aromatic rings. The van der Waals surface area contributed by atoms with Crippen LogP contribution in [0.3, 0.4) is 0 Å². The van der Waals surface area contributed by atoms with Crippen LogP contribution in [-0.2, 0) is 9.47 Å². The average molecular weight is 269 g/mol. The van der Waals surface area contributed by atoms with Crippen molar-refractivity contribution < 1.29 is 9.47 Å². The van der Waals surface area contributed by atoms with E-state index in [2.05, 4.69) is 30.7 Å². The highest BCUT2D eigenvalue weighted by molar-refractivity contribution is 5.78. The van der Waals surface area contributed by atoms with Crippen molar-refractivity contribution in [3.63, 3.8) is 0 Å². The van der Waals surface area contributed by atoms with Crippen LogP contribution in [0.25, 0.3) is 0 Å². The zero-order valence-electron chi connectivity index (χ0n) is 12.3. The Labute approximate surface area is 116 Å². The van der Waals surface area contributed by atoms with E-state index >= 15 is 0 Å². The minimum absolute atomic E-state index is 0.237. The van der Waals surface area contributed by atoms with Crippen molar-refractivity contribution in [2.45, 2.75) is 39.4 Å². The Morgan fingerprint density at radius 2 is 2.16 bits per heavy atom. The van der Waals surface area contributed by atoms with Gasteiger partial charge in [0, 0.05) is 32.2 Å². The summed E-state index contributed by atoms with van der Waals surface area (Å²) in [4.78, 5) is 6.70. The maximum Gasteiger partial charge on any atom is 0.191 e. The number of hydrogen-bond donors (Lipinski definition) is 1. The Hall–Kier alpha value is -0.810. The lowest BCUT2D eigenvalue weighted by atomic mass is 9.93. The topological polar surface area (TPSA) is 60.1 Å². The third-order valence-corrected chi connectivity index (χ3v) is 3.97. The van der Waals surface area contributed by atoms with Gasteiger partial charge in [-0.15, -0.1) is 0 Å². The second-order valence-electron chi connectivity index (χ2n) is 5.95. The smallest absolute Gasteiger partial charge is 0.191 e. The van der Waals surface area contributed by atoms with E-state index in [1.54, 1.807) is 0 Å². The first-order valence-electron chi connectivity index (χ1n) is 7.36. The number of nitrogens with zero attached hydrogens (tertiary/aromatic N) is 2. The van der Waals surface area contributed by atoms with E-state index in [0.29, 0.717) is 23.9 Å². The fourth-order valence-corrected chi connectivity index (χ4v) is 2.93. The molecule has 2 saturated heterocycles. The Balaban J connectivity index is 1.87. The lowest BCUT2D eigenvalue weighted by Crippen LogP contribution is -2.48. The average Bonchev–Trinajstić information content (AvgIpc) is 2.84. The molecular weight excluding hydrogens is 242 g/mol. The second-order valence-corrected chi connectivity index (χ2v) is 5.95. The van der Waals surface area contributed by atoms with Crippen LogP contribution in [-0.4, -0.2) is 55.9 Å².